The normalized spacial score (nSPS) is 18.0. The maximum Gasteiger partial charge on any atom is 0.101 e. The lowest BCUT2D eigenvalue weighted by Gasteiger charge is -2.20. The zero-order chi connectivity index (χ0) is 13.9. The van der Waals surface area contributed by atoms with Crippen LogP contribution in [0.4, 0.5) is 5.69 Å². The number of nitrogens with zero attached hydrogens (tertiary/aromatic N) is 2. The van der Waals surface area contributed by atoms with Crippen LogP contribution >= 0.6 is 0 Å². The van der Waals surface area contributed by atoms with Crippen LogP contribution in [-0.4, -0.2) is 19.1 Å². The molecule has 0 aliphatic carbocycles. The van der Waals surface area contributed by atoms with E-state index in [4.69, 9.17) is 5.73 Å². The maximum atomic E-state index is 9.30. The molecule has 0 radical (unpaired) electrons. The molecule has 0 unspecified atom stereocenters. The smallest absolute Gasteiger partial charge is 0.101 e. The molecule has 1 fully saturated rings. The Labute approximate surface area is 119 Å². The van der Waals surface area contributed by atoms with E-state index in [0.717, 1.165) is 36.3 Å². The van der Waals surface area contributed by atoms with E-state index in [0.29, 0.717) is 0 Å². The fourth-order valence-electron chi connectivity index (χ4n) is 2.70. The van der Waals surface area contributed by atoms with Crippen molar-refractivity contribution in [2.75, 3.05) is 18.0 Å². The monoisotopic (exact) mass is 263 g/mol. The second-order valence-corrected chi connectivity index (χ2v) is 5.20. The SMILES string of the molecule is N#Cc1ccc(-c2ccccc2)cc1N1CC[C@H](N)C1. The average molecular weight is 263 g/mol. The van der Waals surface area contributed by atoms with Crippen LogP contribution < -0.4 is 10.6 Å². The summed E-state index contributed by atoms with van der Waals surface area (Å²) >= 11 is 0. The van der Waals surface area contributed by atoms with Crippen molar-refractivity contribution in [3.63, 3.8) is 0 Å². The Hall–Kier alpha value is -2.31. The molecule has 2 aromatic carbocycles. The van der Waals surface area contributed by atoms with Crippen molar-refractivity contribution >= 4 is 5.69 Å². The van der Waals surface area contributed by atoms with Crippen LogP contribution in [-0.2, 0) is 0 Å². The van der Waals surface area contributed by atoms with Crippen molar-refractivity contribution in [2.24, 2.45) is 5.73 Å². The molecule has 1 atom stereocenters. The predicted octanol–water partition coefficient (Wildman–Crippen LogP) is 2.76. The number of rotatable bonds is 2. The number of hydrogen-bond donors (Lipinski definition) is 1. The van der Waals surface area contributed by atoms with E-state index in [1.165, 1.54) is 5.56 Å². The minimum absolute atomic E-state index is 0.210. The largest absolute Gasteiger partial charge is 0.369 e. The van der Waals surface area contributed by atoms with Gasteiger partial charge >= 0.3 is 0 Å². The summed E-state index contributed by atoms with van der Waals surface area (Å²) in [5.41, 5.74) is 10.0. The number of nitriles is 1. The van der Waals surface area contributed by atoms with Gasteiger partial charge in [-0.15, -0.1) is 0 Å². The van der Waals surface area contributed by atoms with Gasteiger partial charge in [-0.25, -0.2) is 0 Å². The van der Waals surface area contributed by atoms with E-state index in [-0.39, 0.29) is 6.04 Å². The highest BCUT2D eigenvalue weighted by Gasteiger charge is 2.21. The fraction of sp³-hybridized carbons (Fsp3) is 0.235. The highest BCUT2D eigenvalue weighted by molar-refractivity contribution is 5.72. The molecule has 2 aromatic rings. The molecule has 0 bridgehead atoms. The van der Waals surface area contributed by atoms with Crippen LogP contribution in [0.2, 0.25) is 0 Å². The van der Waals surface area contributed by atoms with E-state index in [1.807, 2.05) is 30.3 Å². The van der Waals surface area contributed by atoms with E-state index in [9.17, 15) is 5.26 Å². The molecular weight excluding hydrogens is 246 g/mol. The van der Waals surface area contributed by atoms with Crippen molar-refractivity contribution in [1.82, 2.24) is 0 Å². The van der Waals surface area contributed by atoms with E-state index in [2.05, 4.69) is 29.2 Å². The molecular formula is C17H17N3. The fourth-order valence-corrected chi connectivity index (χ4v) is 2.70. The Balaban J connectivity index is 2.02. The average Bonchev–Trinajstić information content (AvgIpc) is 2.94. The van der Waals surface area contributed by atoms with Gasteiger partial charge in [-0.3, -0.25) is 0 Å². The third-order valence-corrected chi connectivity index (χ3v) is 3.79. The van der Waals surface area contributed by atoms with Crippen LogP contribution in [0.15, 0.2) is 48.5 Å². The summed E-state index contributed by atoms with van der Waals surface area (Å²) in [5.74, 6) is 0. The van der Waals surface area contributed by atoms with Crippen molar-refractivity contribution < 1.29 is 0 Å². The van der Waals surface area contributed by atoms with Crippen molar-refractivity contribution in [2.45, 2.75) is 12.5 Å². The van der Waals surface area contributed by atoms with Crippen molar-refractivity contribution in [1.29, 1.82) is 5.26 Å². The molecule has 1 aliphatic heterocycles. The van der Waals surface area contributed by atoms with E-state index >= 15 is 0 Å². The van der Waals surface area contributed by atoms with Crippen LogP contribution in [0.5, 0.6) is 0 Å². The standard InChI is InChI=1S/C17H17N3/c18-11-15-7-6-14(13-4-2-1-3-5-13)10-17(15)20-9-8-16(19)12-20/h1-7,10,16H,8-9,12,19H2/t16-/m0/s1. The van der Waals surface area contributed by atoms with Crippen LogP contribution in [0.3, 0.4) is 0 Å². The predicted molar refractivity (Wildman–Crippen MR) is 81.4 cm³/mol. The topological polar surface area (TPSA) is 53.0 Å². The molecule has 1 aliphatic rings. The molecule has 3 rings (SSSR count). The Kier molecular flexibility index (Phi) is 3.41. The second-order valence-electron chi connectivity index (χ2n) is 5.20. The molecule has 0 saturated carbocycles. The third-order valence-electron chi connectivity index (χ3n) is 3.79. The first-order valence-corrected chi connectivity index (χ1v) is 6.88. The number of nitrogens with two attached hydrogens (primary N) is 1. The first-order chi connectivity index (χ1) is 9.78. The van der Waals surface area contributed by atoms with Gasteiger partial charge in [0.15, 0.2) is 0 Å². The van der Waals surface area contributed by atoms with Gasteiger partial charge in [-0.2, -0.15) is 5.26 Å². The molecule has 0 aromatic heterocycles. The molecule has 3 heteroatoms. The Bertz CT molecular complexity index is 643. The molecule has 100 valence electrons. The summed E-state index contributed by atoms with van der Waals surface area (Å²) in [4.78, 5) is 2.22. The summed E-state index contributed by atoms with van der Waals surface area (Å²) in [6.45, 7) is 1.75. The molecule has 0 spiro atoms. The molecule has 20 heavy (non-hydrogen) atoms. The molecule has 0 amide bonds. The summed E-state index contributed by atoms with van der Waals surface area (Å²) < 4.78 is 0. The van der Waals surface area contributed by atoms with Crippen LogP contribution in [0, 0.1) is 11.3 Å². The van der Waals surface area contributed by atoms with Gasteiger partial charge in [0.05, 0.1) is 11.3 Å². The third kappa shape index (κ3) is 2.38. The Morgan fingerprint density at radius 3 is 2.55 bits per heavy atom. The number of hydrogen-bond acceptors (Lipinski definition) is 3. The lowest BCUT2D eigenvalue weighted by molar-refractivity contribution is 0.752. The van der Waals surface area contributed by atoms with Crippen LogP contribution in [0.1, 0.15) is 12.0 Å². The van der Waals surface area contributed by atoms with Crippen LogP contribution in [0.25, 0.3) is 11.1 Å². The Morgan fingerprint density at radius 2 is 1.90 bits per heavy atom. The minimum atomic E-state index is 0.210. The summed E-state index contributed by atoms with van der Waals surface area (Å²) in [5, 5.41) is 9.30. The zero-order valence-corrected chi connectivity index (χ0v) is 11.3. The van der Waals surface area contributed by atoms with Gasteiger partial charge in [-0.05, 0) is 29.7 Å². The first kappa shape index (κ1) is 12.7. The molecule has 1 heterocycles. The van der Waals surface area contributed by atoms with E-state index in [1.54, 1.807) is 0 Å². The quantitative estimate of drug-likeness (QED) is 0.906. The summed E-state index contributed by atoms with van der Waals surface area (Å²) in [7, 11) is 0. The molecule has 3 nitrogen and oxygen atoms in total. The van der Waals surface area contributed by atoms with Crippen molar-refractivity contribution in [3.05, 3.63) is 54.1 Å². The Morgan fingerprint density at radius 1 is 1.10 bits per heavy atom. The van der Waals surface area contributed by atoms with Gasteiger partial charge in [0.2, 0.25) is 0 Å². The maximum absolute atomic E-state index is 9.30. The zero-order valence-electron chi connectivity index (χ0n) is 11.3. The number of benzene rings is 2. The summed E-state index contributed by atoms with van der Waals surface area (Å²) in [6.07, 6.45) is 0.987. The molecule has 1 saturated heterocycles. The molecule has 2 N–H and O–H groups in total. The second kappa shape index (κ2) is 5.36. The van der Waals surface area contributed by atoms with Gasteiger partial charge in [0.25, 0.3) is 0 Å². The van der Waals surface area contributed by atoms with Crippen molar-refractivity contribution in [3.8, 4) is 17.2 Å². The summed E-state index contributed by atoms with van der Waals surface area (Å²) in [6, 6.07) is 18.7. The van der Waals surface area contributed by atoms with Gasteiger partial charge in [0.1, 0.15) is 6.07 Å². The van der Waals surface area contributed by atoms with Gasteiger partial charge < -0.3 is 10.6 Å². The highest BCUT2D eigenvalue weighted by atomic mass is 15.2. The highest BCUT2D eigenvalue weighted by Crippen LogP contribution is 2.29. The van der Waals surface area contributed by atoms with Gasteiger partial charge in [-0.1, -0.05) is 36.4 Å². The lowest BCUT2D eigenvalue weighted by atomic mass is 10.0. The number of anilines is 1. The van der Waals surface area contributed by atoms with Gasteiger partial charge in [0, 0.05) is 19.1 Å². The van der Waals surface area contributed by atoms with E-state index < -0.39 is 0 Å². The first-order valence-electron chi connectivity index (χ1n) is 6.88. The minimum Gasteiger partial charge on any atom is -0.369 e. The lowest BCUT2D eigenvalue weighted by Crippen LogP contribution is -2.26.